The van der Waals surface area contributed by atoms with Crippen molar-refractivity contribution in [2.75, 3.05) is 26.2 Å². The minimum atomic E-state index is -1.75. The van der Waals surface area contributed by atoms with Crippen LogP contribution >= 0.6 is 0 Å². The molecule has 540 valence electrons. The van der Waals surface area contributed by atoms with E-state index in [1.807, 2.05) is 13.8 Å². The number of carbonyl (C=O) groups excluding carboxylic acids is 4. The maximum Gasteiger partial charge on any atom is 0.338 e. The largest absolute Gasteiger partial charge is 0.450 e. The van der Waals surface area contributed by atoms with Crippen LogP contribution in [-0.4, -0.2) is 242 Å². The van der Waals surface area contributed by atoms with Gasteiger partial charge in [-0.05, 0) is 101 Å². The number of nitrogens with one attached hydrogen (secondary N) is 1. The highest BCUT2D eigenvalue weighted by molar-refractivity contribution is 5.89. The van der Waals surface area contributed by atoms with E-state index in [0.29, 0.717) is 37.1 Å². The number of rotatable bonds is 26. The highest BCUT2D eigenvalue weighted by Gasteiger charge is 2.55. The summed E-state index contributed by atoms with van der Waals surface area (Å²) in [6.07, 6.45) is -21.8. The number of esters is 1. The summed E-state index contributed by atoms with van der Waals surface area (Å²) in [5, 5.41) is 111. The molecule has 4 saturated heterocycles. The van der Waals surface area contributed by atoms with Crippen LogP contribution in [-0.2, 0) is 52.3 Å². The minimum Gasteiger partial charge on any atom is -0.450 e. The molecule has 0 bridgehead atoms. The number of halogens is 2. The lowest BCUT2D eigenvalue weighted by Gasteiger charge is -2.49. The molecule has 11 rings (SSSR count). The zero-order valence-electron chi connectivity index (χ0n) is 55.5. The lowest BCUT2D eigenvalue weighted by Crippen LogP contribution is -2.64. The monoisotopic (exact) mass is 1390 g/mol. The second-order valence-electron chi connectivity index (χ2n) is 26.7. The first-order valence-electron chi connectivity index (χ1n) is 34.3. The molecule has 6 fully saturated rings. The van der Waals surface area contributed by atoms with Crippen LogP contribution < -0.4 is 5.32 Å². The third-order valence-electron chi connectivity index (χ3n) is 20.1. The molecule has 24 atom stereocenters. The minimum absolute atomic E-state index is 0.0145. The van der Waals surface area contributed by atoms with Crippen molar-refractivity contribution in [1.82, 2.24) is 40.2 Å². The van der Waals surface area contributed by atoms with Crippen molar-refractivity contribution in [3.05, 3.63) is 108 Å². The molecular weight excluding hydrogens is 1300 g/mol. The number of aliphatic hydroxyl groups excluding tert-OH is 8. The number of benzene rings is 3. The Kier molecular flexibility index (Phi) is 24.5. The molecule has 28 nitrogen and oxygen atoms in total. The average Bonchev–Trinajstić information content (AvgIpc) is 1.75. The van der Waals surface area contributed by atoms with Gasteiger partial charge in [0, 0.05) is 49.0 Å². The molecule has 2 saturated carbocycles. The van der Waals surface area contributed by atoms with Gasteiger partial charge < -0.3 is 89.0 Å². The summed E-state index contributed by atoms with van der Waals surface area (Å²) < 4.78 is 82.4. The van der Waals surface area contributed by atoms with Crippen molar-refractivity contribution in [3.8, 4) is 22.5 Å². The van der Waals surface area contributed by atoms with Gasteiger partial charge in [-0.1, -0.05) is 86.5 Å². The van der Waals surface area contributed by atoms with Crippen molar-refractivity contribution in [2.24, 2.45) is 17.8 Å². The van der Waals surface area contributed by atoms with Crippen LogP contribution in [0.1, 0.15) is 121 Å². The van der Waals surface area contributed by atoms with Crippen molar-refractivity contribution >= 4 is 23.6 Å². The summed E-state index contributed by atoms with van der Waals surface area (Å²) in [6, 6.07) is 17.1. The average molecular weight is 1390 g/mol. The van der Waals surface area contributed by atoms with E-state index in [-0.39, 0.29) is 86.6 Å². The van der Waals surface area contributed by atoms with Gasteiger partial charge in [0.2, 0.25) is 5.91 Å². The van der Waals surface area contributed by atoms with E-state index >= 15 is 0 Å². The van der Waals surface area contributed by atoms with Crippen LogP contribution in [0.3, 0.4) is 0 Å². The maximum absolute atomic E-state index is 14.8. The molecule has 9 N–H and O–H groups in total. The molecule has 4 aliphatic heterocycles. The summed E-state index contributed by atoms with van der Waals surface area (Å²) >= 11 is 0. The van der Waals surface area contributed by atoms with Crippen LogP contribution in [0, 0.1) is 29.4 Å². The quantitative estimate of drug-likeness (QED) is 0.0284. The molecule has 5 aromatic rings. The van der Waals surface area contributed by atoms with Crippen molar-refractivity contribution < 1.29 is 107 Å². The smallest absolute Gasteiger partial charge is 0.338 e. The van der Waals surface area contributed by atoms with Crippen LogP contribution in [0.25, 0.3) is 22.5 Å². The van der Waals surface area contributed by atoms with Gasteiger partial charge in [-0.2, -0.15) is 0 Å². The molecular formula is C69H90F2N8O20. The van der Waals surface area contributed by atoms with Gasteiger partial charge >= 0.3 is 5.97 Å². The molecule has 2 aliphatic carbocycles. The number of Topliss-reactive ketones (excluding diaryl/α,β-unsaturated/α-hetero) is 1. The topological polar surface area (TPSA) is 381 Å². The number of carbonyl (C=O) groups is 4. The molecule has 0 radical (unpaired) electrons. The SMILES string of the molecule is CCC[C@H](OC1C(OC(=O)c2ccccc2)[C@H](O[C@@H]2CC(C(=O)CCCNC(=O)[C@H]3CC(n4cc(-c5cccc(F)c5)nn4)C(O)[C@H](O[C@@H]4OC(CC)[C@H](O)[C@@H](n5cc(-c6cccc(F)c6)nn5)C4O)C3)C[C@@H](CC)C2O[C@@H]2OC(C)[C@@H](O)[C@H](O)C2O)O[C@@H](CO)[C@@H]1O)C(=O)N1CCC1. The highest BCUT2D eigenvalue weighted by Crippen LogP contribution is 2.43. The number of aromatic nitrogens is 6. The molecule has 2 amide bonds. The number of amides is 2. The first-order valence-corrected chi connectivity index (χ1v) is 34.3. The summed E-state index contributed by atoms with van der Waals surface area (Å²) in [6.45, 7) is 7.14. The van der Waals surface area contributed by atoms with E-state index < -0.39 is 176 Å². The Bertz CT molecular complexity index is 3500. The summed E-state index contributed by atoms with van der Waals surface area (Å²) in [5.74, 6) is -5.21. The third kappa shape index (κ3) is 16.6. The van der Waals surface area contributed by atoms with Gasteiger partial charge in [-0.25, -0.2) is 22.9 Å². The first kappa shape index (κ1) is 73.5. The van der Waals surface area contributed by atoms with E-state index in [1.54, 1.807) is 42.2 Å². The Morgan fingerprint density at radius 3 is 1.93 bits per heavy atom. The van der Waals surface area contributed by atoms with Crippen LogP contribution in [0.2, 0.25) is 0 Å². The number of hydrogen-bond donors (Lipinski definition) is 9. The van der Waals surface area contributed by atoms with E-state index in [2.05, 4.69) is 25.9 Å². The number of ether oxygens (including phenoxy) is 8. The fourth-order valence-electron chi connectivity index (χ4n) is 14.3. The molecule has 6 aliphatic rings. The zero-order valence-corrected chi connectivity index (χ0v) is 55.5. The molecule has 99 heavy (non-hydrogen) atoms. The predicted octanol–water partition coefficient (Wildman–Crippen LogP) is 2.87. The van der Waals surface area contributed by atoms with Crippen molar-refractivity contribution in [2.45, 2.75) is 227 Å². The van der Waals surface area contributed by atoms with E-state index in [0.717, 1.165) is 6.42 Å². The zero-order chi connectivity index (χ0) is 70.3. The van der Waals surface area contributed by atoms with Gasteiger partial charge in [0.15, 0.2) is 25.0 Å². The molecule has 30 heteroatoms. The second kappa shape index (κ2) is 32.9. The van der Waals surface area contributed by atoms with Crippen molar-refractivity contribution in [1.29, 1.82) is 0 Å². The Hall–Kier alpha value is -6.72. The summed E-state index contributed by atoms with van der Waals surface area (Å²) in [4.78, 5) is 59.0. The molecule has 2 aromatic heterocycles. The van der Waals surface area contributed by atoms with Crippen molar-refractivity contribution in [3.63, 3.8) is 0 Å². The molecule has 3 aromatic carbocycles. The van der Waals surface area contributed by atoms with Gasteiger partial charge in [-0.3, -0.25) is 14.4 Å². The molecule has 0 spiro atoms. The second-order valence-corrected chi connectivity index (χ2v) is 26.7. The first-order chi connectivity index (χ1) is 47.7. The summed E-state index contributed by atoms with van der Waals surface area (Å²) in [5.41, 5.74) is 1.42. The number of ketones is 1. The van der Waals surface area contributed by atoms with Gasteiger partial charge in [0.25, 0.3) is 5.91 Å². The fraction of sp³-hybridized carbons (Fsp3) is 0.623. The standard InChI is InChI=1S/C69H90F2N8O20/c1-5-15-49(65(90)77-24-14-25-77)93-62-57(85)52(34-80)97-69(63(62)98-66(91)37-16-9-8-10-17-37)96-51-30-40(26-36(6-2)61(51)99-68-60(88)59(87)54(82)35(4)92-68)47(81)22-13-23-72-64(89)41-29-46(78-32-44(73-75-78)38-18-11-20-42(70)27-38)55(83)50(31-41)95-67-58(86)53(56(84)48(7-3)94-67)79-33-45(74-76-79)39-19-12-21-43(71)28-39/h8-12,16-21,27-28,32-33,35-36,40-41,46,48-63,67-69,80,82-88H,5-7,13-15,22-26,29-31,34H2,1-4H3,(H,72,89)/t35?,36-,40?,41+,46?,48?,49+,50-,51-,52+,53-,54-,55?,56+,57+,58?,59+,60?,61?,62?,63?,67+,68+,69-/m1/s1. The number of nitrogens with zero attached hydrogens (tertiary/aromatic N) is 7. The van der Waals surface area contributed by atoms with Gasteiger partial charge in [-0.15, -0.1) is 10.2 Å². The third-order valence-corrected chi connectivity index (χ3v) is 20.1. The highest BCUT2D eigenvalue weighted by atomic mass is 19.1. The van der Waals surface area contributed by atoms with Crippen LogP contribution in [0.5, 0.6) is 0 Å². The van der Waals surface area contributed by atoms with E-state index in [1.165, 1.54) is 77.2 Å². The Morgan fingerprint density at radius 2 is 1.29 bits per heavy atom. The summed E-state index contributed by atoms with van der Waals surface area (Å²) in [7, 11) is 0. The van der Waals surface area contributed by atoms with Gasteiger partial charge in [0.1, 0.15) is 95.9 Å². The Labute approximate surface area is 570 Å². The Morgan fingerprint density at radius 1 is 0.646 bits per heavy atom. The molecule has 6 heterocycles. The lowest BCUT2D eigenvalue weighted by molar-refractivity contribution is -0.349. The molecule has 10 unspecified atom stereocenters. The van der Waals surface area contributed by atoms with E-state index in [9.17, 15) is 68.8 Å². The lowest BCUT2D eigenvalue weighted by atomic mass is 9.74. The number of hydrogen-bond acceptors (Lipinski definition) is 24. The maximum atomic E-state index is 14.8. The Balaban J connectivity index is 0.817. The van der Waals surface area contributed by atoms with E-state index in [4.69, 9.17) is 37.9 Å². The fourth-order valence-corrected chi connectivity index (χ4v) is 14.3. The van der Waals surface area contributed by atoms with Crippen LogP contribution in [0.4, 0.5) is 8.78 Å². The normalized spacial score (nSPS) is 34.4. The predicted molar refractivity (Wildman–Crippen MR) is 341 cm³/mol. The van der Waals surface area contributed by atoms with Gasteiger partial charge in [0.05, 0.1) is 61.1 Å². The van der Waals surface area contributed by atoms with Crippen LogP contribution in [0.15, 0.2) is 91.3 Å². The number of aliphatic hydroxyl groups is 8. The number of likely N-dealkylation sites (tertiary alicyclic amines) is 1.